The van der Waals surface area contributed by atoms with E-state index in [1.54, 1.807) is 20.8 Å². The zero-order valence-electron chi connectivity index (χ0n) is 12.0. The minimum Gasteiger partial charge on any atom is -0.481 e. The molecule has 1 atom stereocenters. The molecule has 1 rings (SSSR count). The Morgan fingerprint density at radius 3 is 2.50 bits per heavy atom. The SMILES string of the molecule is CC1CS(=O)(=O)CCN1C(=O)NC(C)(C)CCC(=O)O. The van der Waals surface area contributed by atoms with Gasteiger partial charge in [0.05, 0.1) is 11.5 Å². The predicted octanol–water partition coefficient (Wildman–Crippen LogP) is 0.458. The number of sulfone groups is 1. The average Bonchev–Trinajstić information content (AvgIpc) is 2.24. The van der Waals surface area contributed by atoms with E-state index in [9.17, 15) is 18.0 Å². The molecular weight excluding hydrogens is 284 g/mol. The van der Waals surface area contributed by atoms with Crippen LogP contribution in [0.5, 0.6) is 0 Å². The Hall–Kier alpha value is -1.31. The first-order valence-corrected chi connectivity index (χ1v) is 8.35. The van der Waals surface area contributed by atoms with Crippen molar-refractivity contribution in [1.29, 1.82) is 0 Å². The van der Waals surface area contributed by atoms with Crippen LogP contribution in [-0.2, 0) is 14.6 Å². The number of aliphatic carboxylic acids is 1. The largest absolute Gasteiger partial charge is 0.481 e. The van der Waals surface area contributed by atoms with E-state index in [-0.39, 0.29) is 36.5 Å². The van der Waals surface area contributed by atoms with Crippen LogP contribution in [0.2, 0.25) is 0 Å². The van der Waals surface area contributed by atoms with E-state index in [0.29, 0.717) is 6.42 Å². The average molecular weight is 306 g/mol. The predicted molar refractivity (Wildman–Crippen MR) is 74.3 cm³/mol. The maximum Gasteiger partial charge on any atom is 0.318 e. The Kier molecular flexibility index (Phi) is 5.01. The molecule has 116 valence electrons. The number of hydrogen-bond donors (Lipinski definition) is 2. The molecule has 0 aromatic rings. The van der Waals surface area contributed by atoms with Gasteiger partial charge in [-0.2, -0.15) is 0 Å². The molecule has 1 saturated heterocycles. The van der Waals surface area contributed by atoms with E-state index in [2.05, 4.69) is 5.32 Å². The third-order valence-corrected chi connectivity index (χ3v) is 5.14. The number of hydrogen-bond acceptors (Lipinski definition) is 4. The summed E-state index contributed by atoms with van der Waals surface area (Å²) >= 11 is 0. The third-order valence-electron chi connectivity index (χ3n) is 3.34. The second kappa shape index (κ2) is 5.99. The van der Waals surface area contributed by atoms with Crippen molar-refractivity contribution in [2.45, 2.75) is 45.2 Å². The van der Waals surface area contributed by atoms with Gasteiger partial charge in [0.2, 0.25) is 0 Å². The third kappa shape index (κ3) is 4.99. The number of amides is 2. The van der Waals surface area contributed by atoms with E-state index in [4.69, 9.17) is 5.11 Å². The van der Waals surface area contributed by atoms with Gasteiger partial charge in [0.15, 0.2) is 9.84 Å². The Bertz CT molecular complexity index is 486. The summed E-state index contributed by atoms with van der Waals surface area (Å²) < 4.78 is 22.9. The highest BCUT2D eigenvalue weighted by Gasteiger charge is 2.33. The lowest BCUT2D eigenvalue weighted by Crippen LogP contribution is -2.57. The number of carbonyl (C=O) groups excluding carboxylic acids is 1. The van der Waals surface area contributed by atoms with Crippen LogP contribution in [0.1, 0.15) is 33.6 Å². The van der Waals surface area contributed by atoms with Crippen LogP contribution in [0, 0.1) is 0 Å². The molecule has 2 N–H and O–H groups in total. The molecule has 20 heavy (non-hydrogen) atoms. The van der Waals surface area contributed by atoms with Gasteiger partial charge in [0.1, 0.15) is 0 Å². The number of carboxylic acid groups (broad SMARTS) is 1. The van der Waals surface area contributed by atoms with E-state index in [1.165, 1.54) is 4.90 Å². The topological polar surface area (TPSA) is 104 Å². The molecule has 0 saturated carbocycles. The Morgan fingerprint density at radius 1 is 1.40 bits per heavy atom. The van der Waals surface area contributed by atoms with Gasteiger partial charge >= 0.3 is 12.0 Å². The molecular formula is C12H22N2O5S. The van der Waals surface area contributed by atoms with Crippen LogP contribution in [0.25, 0.3) is 0 Å². The summed E-state index contributed by atoms with van der Waals surface area (Å²) in [6, 6.07) is -0.716. The zero-order chi connectivity index (χ0) is 15.6. The van der Waals surface area contributed by atoms with Crippen LogP contribution in [0.15, 0.2) is 0 Å². The molecule has 1 fully saturated rings. The van der Waals surface area contributed by atoms with Gasteiger partial charge in [0.25, 0.3) is 0 Å². The minimum atomic E-state index is -3.06. The number of urea groups is 1. The van der Waals surface area contributed by atoms with Crippen LogP contribution in [0.4, 0.5) is 4.79 Å². The van der Waals surface area contributed by atoms with Crippen molar-refractivity contribution in [3.8, 4) is 0 Å². The molecule has 1 aliphatic heterocycles. The molecule has 1 heterocycles. The van der Waals surface area contributed by atoms with E-state index < -0.39 is 21.3 Å². The quantitative estimate of drug-likeness (QED) is 0.785. The molecule has 0 aliphatic carbocycles. The molecule has 0 aromatic heterocycles. The van der Waals surface area contributed by atoms with Gasteiger partial charge in [-0.15, -0.1) is 0 Å². The molecule has 7 nitrogen and oxygen atoms in total. The number of carbonyl (C=O) groups is 2. The van der Waals surface area contributed by atoms with Crippen molar-refractivity contribution in [1.82, 2.24) is 10.2 Å². The Labute approximate surface area is 119 Å². The van der Waals surface area contributed by atoms with E-state index >= 15 is 0 Å². The van der Waals surface area contributed by atoms with Crippen LogP contribution in [-0.4, -0.2) is 60.1 Å². The summed E-state index contributed by atoms with van der Waals surface area (Å²) in [5.74, 6) is -0.971. The maximum absolute atomic E-state index is 12.2. The number of carboxylic acids is 1. The molecule has 2 amide bonds. The Morgan fingerprint density at radius 2 is 2.00 bits per heavy atom. The number of nitrogens with zero attached hydrogens (tertiary/aromatic N) is 1. The van der Waals surface area contributed by atoms with Gasteiger partial charge in [-0.25, -0.2) is 13.2 Å². The summed E-state index contributed by atoms with van der Waals surface area (Å²) in [7, 11) is -3.06. The molecule has 1 unspecified atom stereocenters. The van der Waals surface area contributed by atoms with Crippen molar-refractivity contribution in [2.24, 2.45) is 0 Å². The highest BCUT2D eigenvalue weighted by molar-refractivity contribution is 7.91. The number of nitrogens with one attached hydrogen (secondary N) is 1. The summed E-state index contributed by atoms with van der Waals surface area (Å²) in [6.07, 6.45) is 0.284. The monoisotopic (exact) mass is 306 g/mol. The van der Waals surface area contributed by atoms with E-state index in [1.807, 2.05) is 0 Å². The normalized spacial score (nSPS) is 22.4. The fourth-order valence-electron chi connectivity index (χ4n) is 2.14. The van der Waals surface area contributed by atoms with Crippen LogP contribution < -0.4 is 5.32 Å². The smallest absolute Gasteiger partial charge is 0.318 e. The first-order chi connectivity index (χ1) is 9.02. The fraction of sp³-hybridized carbons (Fsp3) is 0.833. The van der Waals surface area contributed by atoms with Gasteiger partial charge in [0, 0.05) is 24.5 Å². The van der Waals surface area contributed by atoms with Gasteiger partial charge in [-0.1, -0.05) is 0 Å². The molecule has 0 radical (unpaired) electrons. The molecule has 0 bridgehead atoms. The molecule has 1 aliphatic rings. The van der Waals surface area contributed by atoms with Gasteiger partial charge in [-0.3, -0.25) is 4.79 Å². The van der Waals surface area contributed by atoms with Crippen molar-refractivity contribution < 1.29 is 23.1 Å². The van der Waals surface area contributed by atoms with Crippen LogP contribution in [0.3, 0.4) is 0 Å². The number of rotatable bonds is 4. The van der Waals surface area contributed by atoms with Gasteiger partial charge < -0.3 is 15.3 Å². The highest BCUT2D eigenvalue weighted by Crippen LogP contribution is 2.15. The lowest BCUT2D eigenvalue weighted by atomic mass is 9.98. The van der Waals surface area contributed by atoms with Gasteiger partial charge in [-0.05, 0) is 27.2 Å². The van der Waals surface area contributed by atoms with Crippen molar-refractivity contribution in [3.63, 3.8) is 0 Å². The molecule has 0 spiro atoms. The second-order valence-corrected chi connectivity index (χ2v) is 8.09. The minimum absolute atomic E-state index is 0.0275. The van der Waals surface area contributed by atoms with Crippen LogP contribution >= 0.6 is 0 Å². The van der Waals surface area contributed by atoms with E-state index in [0.717, 1.165) is 0 Å². The first kappa shape index (κ1) is 16.7. The highest BCUT2D eigenvalue weighted by atomic mass is 32.2. The Balaban J connectivity index is 2.60. The van der Waals surface area contributed by atoms with Crippen molar-refractivity contribution in [3.05, 3.63) is 0 Å². The summed E-state index contributed by atoms with van der Waals surface area (Å²) in [4.78, 5) is 24.2. The lowest BCUT2D eigenvalue weighted by Gasteiger charge is -2.36. The zero-order valence-corrected chi connectivity index (χ0v) is 12.9. The second-order valence-electron chi connectivity index (χ2n) is 5.86. The maximum atomic E-state index is 12.2. The standard InChI is InChI=1S/C12H22N2O5S/c1-9-8-20(18,19)7-6-14(9)11(17)13-12(2,3)5-4-10(15)16/h9H,4-8H2,1-3H3,(H,13,17)(H,15,16). The summed E-state index contributed by atoms with van der Waals surface area (Å²) in [6.45, 7) is 5.36. The fourth-order valence-corrected chi connectivity index (χ4v) is 3.70. The lowest BCUT2D eigenvalue weighted by molar-refractivity contribution is -0.137. The van der Waals surface area contributed by atoms with Crippen molar-refractivity contribution in [2.75, 3.05) is 18.1 Å². The molecule has 8 heteroatoms. The summed E-state index contributed by atoms with van der Waals surface area (Å²) in [5, 5.41) is 11.4. The summed E-state index contributed by atoms with van der Waals surface area (Å²) in [5.41, 5.74) is -0.647. The molecule has 0 aromatic carbocycles. The van der Waals surface area contributed by atoms with Crippen molar-refractivity contribution >= 4 is 21.8 Å². The first-order valence-electron chi connectivity index (χ1n) is 6.53.